The Kier molecular flexibility index (Phi) is 9.20. The summed E-state index contributed by atoms with van der Waals surface area (Å²) in [5, 5.41) is 17.2. The van der Waals surface area contributed by atoms with Crippen LogP contribution >= 0.6 is 11.8 Å². The molecule has 1 aliphatic rings. The average Bonchev–Trinajstić information content (AvgIpc) is 3.40. The van der Waals surface area contributed by atoms with Crippen LogP contribution in [0.1, 0.15) is 38.7 Å². The highest BCUT2D eigenvalue weighted by Crippen LogP contribution is 2.17. The van der Waals surface area contributed by atoms with E-state index in [4.69, 9.17) is 9.52 Å². The molecule has 0 unspecified atom stereocenters. The van der Waals surface area contributed by atoms with Gasteiger partial charge in [0.25, 0.3) is 0 Å². The van der Waals surface area contributed by atoms with Crippen molar-refractivity contribution in [1.29, 1.82) is 0 Å². The highest BCUT2D eigenvalue weighted by Gasteiger charge is 2.20. The number of aryl methyl sites for hydroxylation is 1. The number of nitrogens with one attached hydrogen (secondary N) is 1. The maximum absolute atomic E-state index is 4.94. The van der Waals surface area contributed by atoms with Crippen LogP contribution in [0.4, 0.5) is 0 Å². The number of hydrogen-bond acceptors (Lipinski definition) is 7. The van der Waals surface area contributed by atoms with Crippen molar-refractivity contribution in [3.05, 3.63) is 23.8 Å². The Morgan fingerprint density at radius 3 is 2.71 bits per heavy atom. The Morgan fingerprint density at radius 2 is 2.06 bits per heavy atom. The van der Waals surface area contributed by atoms with Gasteiger partial charge in [0.2, 0.25) is 0 Å². The van der Waals surface area contributed by atoms with E-state index in [0.29, 0.717) is 5.92 Å². The van der Waals surface area contributed by atoms with Crippen LogP contribution in [0.25, 0.3) is 0 Å². The number of aromatic nitrogens is 4. The molecule has 9 nitrogen and oxygen atoms in total. The standard InChI is InChI=1S/C21H36N8OS/c1-5-22-20(28-12-10-27(11-13-28)16-18-8-14-30-26-18)23-9-6-7-19-24-25-21(31-4)29(19)15-17(2)3/h8,14,17H,5-7,9-13,15-16H2,1-4H3,(H,22,23). The molecule has 0 amide bonds. The molecule has 0 aromatic carbocycles. The molecule has 10 heteroatoms. The van der Waals surface area contributed by atoms with Crippen molar-refractivity contribution >= 4 is 17.7 Å². The first-order valence-corrected chi connectivity index (χ1v) is 12.4. The molecule has 2 aromatic heterocycles. The summed E-state index contributed by atoms with van der Waals surface area (Å²) in [7, 11) is 0. The molecular weight excluding hydrogens is 412 g/mol. The normalized spacial score (nSPS) is 15.8. The van der Waals surface area contributed by atoms with Gasteiger partial charge in [0.15, 0.2) is 11.1 Å². The van der Waals surface area contributed by atoms with Crippen molar-refractivity contribution in [3.63, 3.8) is 0 Å². The second kappa shape index (κ2) is 12.1. The molecule has 2 aromatic rings. The summed E-state index contributed by atoms with van der Waals surface area (Å²) in [6.45, 7) is 13.9. The van der Waals surface area contributed by atoms with E-state index in [2.05, 4.69) is 62.1 Å². The summed E-state index contributed by atoms with van der Waals surface area (Å²) in [5.41, 5.74) is 0.990. The van der Waals surface area contributed by atoms with Crippen LogP contribution in [0, 0.1) is 5.92 Å². The van der Waals surface area contributed by atoms with Crippen LogP contribution < -0.4 is 5.32 Å². The highest BCUT2D eigenvalue weighted by atomic mass is 32.2. The smallest absolute Gasteiger partial charge is 0.194 e. The topological polar surface area (TPSA) is 87.6 Å². The maximum atomic E-state index is 4.94. The van der Waals surface area contributed by atoms with Gasteiger partial charge in [-0.2, -0.15) is 0 Å². The van der Waals surface area contributed by atoms with Gasteiger partial charge < -0.3 is 19.3 Å². The van der Waals surface area contributed by atoms with E-state index in [0.717, 1.165) is 87.8 Å². The van der Waals surface area contributed by atoms with E-state index in [1.54, 1.807) is 18.0 Å². The van der Waals surface area contributed by atoms with Crippen molar-refractivity contribution < 1.29 is 4.52 Å². The summed E-state index contributed by atoms with van der Waals surface area (Å²) in [6, 6.07) is 1.93. The van der Waals surface area contributed by atoms with Crippen LogP contribution in [0.5, 0.6) is 0 Å². The zero-order valence-corrected chi connectivity index (χ0v) is 20.1. The summed E-state index contributed by atoms with van der Waals surface area (Å²) < 4.78 is 7.20. The third-order valence-electron chi connectivity index (χ3n) is 5.23. The minimum atomic E-state index is 0.571. The second-order valence-corrected chi connectivity index (χ2v) is 8.97. The SMILES string of the molecule is CCNC(=NCCCc1nnc(SC)n1CC(C)C)N1CCN(Cc2ccon2)CC1. The molecule has 0 bridgehead atoms. The first-order chi connectivity index (χ1) is 15.1. The molecule has 0 aliphatic carbocycles. The molecule has 3 heterocycles. The predicted octanol–water partition coefficient (Wildman–Crippen LogP) is 2.36. The zero-order chi connectivity index (χ0) is 22.1. The van der Waals surface area contributed by atoms with Crippen LogP contribution in [-0.2, 0) is 19.5 Å². The van der Waals surface area contributed by atoms with Crippen molar-refractivity contribution in [2.45, 2.75) is 51.9 Å². The van der Waals surface area contributed by atoms with Crippen molar-refractivity contribution in [2.24, 2.45) is 10.9 Å². The third kappa shape index (κ3) is 6.96. The maximum Gasteiger partial charge on any atom is 0.194 e. The molecule has 3 rings (SSSR count). The minimum absolute atomic E-state index is 0.571. The zero-order valence-electron chi connectivity index (χ0n) is 19.3. The molecule has 0 radical (unpaired) electrons. The summed E-state index contributed by atoms with van der Waals surface area (Å²) in [4.78, 5) is 9.66. The van der Waals surface area contributed by atoms with Crippen LogP contribution in [0.3, 0.4) is 0 Å². The lowest BCUT2D eigenvalue weighted by Crippen LogP contribution is -2.52. The molecule has 0 spiro atoms. The Balaban J connectivity index is 1.49. The Morgan fingerprint density at radius 1 is 1.26 bits per heavy atom. The van der Waals surface area contributed by atoms with Gasteiger partial charge in [0.1, 0.15) is 12.1 Å². The lowest BCUT2D eigenvalue weighted by Gasteiger charge is -2.36. The lowest BCUT2D eigenvalue weighted by molar-refractivity contribution is 0.169. The second-order valence-electron chi connectivity index (χ2n) is 8.20. The van der Waals surface area contributed by atoms with Gasteiger partial charge in [-0.25, -0.2) is 0 Å². The fraction of sp³-hybridized carbons (Fsp3) is 0.714. The Labute approximate surface area is 189 Å². The minimum Gasteiger partial charge on any atom is -0.364 e. The van der Waals surface area contributed by atoms with E-state index in [1.165, 1.54) is 0 Å². The lowest BCUT2D eigenvalue weighted by atomic mass is 10.2. The third-order valence-corrected chi connectivity index (χ3v) is 5.89. The first kappa shape index (κ1) is 23.6. The van der Waals surface area contributed by atoms with Gasteiger partial charge in [0, 0.05) is 64.8 Å². The number of rotatable bonds is 10. The summed E-state index contributed by atoms with van der Waals surface area (Å²) in [6.07, 6.45) is 5.55. The number of nitrogens with zero attached hydrogens (tertiary/aromatic N) is 7. The average molecular weight is 449 g/mol. The van der Waals surface area contributed by atoms with Gasteiger partial charge in [-0.3, -0.25) is 9.89 Å². The predicted molar refractivity (Wildman–Crippen MR) is 124 cm³/mol. The van der Waals surface area contributed by atoms with Gasteiger partial charge in [-0.05, 0) is 25.5 Å². The van der Waals surface area contributed by atoms with Gasteiger partial charge >= 0.3 is 0 Å². The molecule has 1 fully saturated rings. The molecule has 1 saturated heterocycles. The van der Waals surface area contributed by atoms with Crippen LogP contribution in [-0.4, -0.2) is 81.2 Å². The number of piperazine rings is 1. The van der Waals surface area contributed by atoms with Gasteiger partial charge in [-0.1, -0.05) is 30.8 Å². The number of aliphatic imine (C=N–C) groups is 1. The van der Waals surface area contributed by atoms with E-state index in [1.807, 2.05) is 6.07 Å². The van der Waals surface area contributed by atoms with Crippen LogP contribution in [0.2, 0.25) is 0 Å². The van der Waals surface area contributed by atoms with Crippen molar-refractivity contribution in [2.75, 3.05) is 45.5 Å². The van der Waals surface area contributed by atoms with Crippen molar-refractivity contribution in [3.8, 4) is 0 Å². The fourth-order valence-corrected chi connectivity index (χ4v) is 4.24. The Hall–Kier alpha value is -2.07. The van der Waals surface area contributed by atoms with Gasteiger partial charge in [0.05, 0.1) is 5.69 Å². The summed E-state index contributed by atoms with van der Waals surface area (Å²) >= 11 is 1.66. The quantitative estimate of drug-likeness (QED) is 0.257. The molecule has 1 N–H and O–H groups in total. The summed E-state index contributed by atoms with van der Waals surface area (Å²) in [5.74, 6) is 2.65. The van der Waals surface area contributed by atoms with E-state index < -0.39 is 0 Å². The largest absolute Gasteiger partial charge is 0.364 e. The molecule has 0 saturated carbocycles. The monoisotopic (exact) mass is 448 g/mol. The molecule has 31 heavy (non-hydrogen) atoms. The van der Waals surface area contributed by atoms with Crippen molar-refractivity contribution in [1.82, 2.24) is 35.0 Å². The fourth-order valence-electron chi connectivity index (χ4n) is 3.72. The van der Waals surface area contributed by atoms with E-state index in [9.17, 15) is 0 Å². The number of hydrogen-bond donors (Lipinski definition) is 1. The number of thioether (sulfide) groups is 1. The number of guanidine groups is 1. The Bertz CT molecular complexity index is 796. The first-order valence-electron chi connectivity index (χ1n) is 11.2. The molecule has 172 valence electrons. The van der Waals surface area contributed by atoms with E-state index in [-0.39, 0.29) is 0 Å². The molecular formula is C21H36N8OS. The molecule has 1 aliphatic heterocycles. The van der Waals surface area contributed by atoms with Gasteiger partial charge in [-0.15, -0.1) is 10.2 Å². The van der Waals surface area contributed by atoms with Crippen LogP contribution in [0.15, 0.2) is 27.0 Å². The molecule has 0 atom stereocenters. The van der Waals surface area contributed by atoms with E-state index >= 15 is 0 Å². The highest BCUT2D eigenvalue weighted by molar-refractivity contribution is 7.98.